The van der Waals surface area contributed by atoms with Gasteiger partial charge >= 0.3 is 0 Å². The summed E-state index contributed by atoms with van der Waals surface area (Å²) in [4.78, 5) is 6.69. The standard InChI is InChI=1S/C12H18BrN3/c1-16-7-5-10(9-16)4-6-14-12-3-2-11(13)8-15-12/h2-3,8,10H,4-7,9H2,1H3,(H,14,15). The van der Waals surface area contributed by atoms with Gasteiger partial charge in [-0.3, -0.25) is 0 Å². The minimum absolute atomic E-state index is 0.855. The number of nitrogens with one attached hydrogen (secondary N) is 1. The summed E-state index contributed by atoms with van der Waals surface area (Å²) in [5.74, 6) is 1.82. The topological polar surface area (TPSA) is 28.2 Å². The Morgan fingerprint density at radius 1 is 1.56 bits per heavy atom. The molecule has 0 amide bonds. The van der Waals surface area contributed by atoms with E-state index >= 15 is 0 Å². The Morgan fingerprint density at radius 3 is 3.06 bits per heavy atom. The zero-order chi connectivity index (χ0) is 11.4. The molecule has 1 saturated heterocycles. The maximum absolute atomic E-state index is 4.29. The Balaban J connectivity index is 1.70. The monoisotopic (exact) mass is 283 g/mol. The van der Waals surface area contributed by atoms with Crippen LogP contribution in [-0.4, -0.2) is 36.6 Å². The van der Waals surface area contributed by atoms with Crippen LogP contribution in [0.1, 0.15) is 12.8 Å². The molecule has 3 nitrogen and oxygen atoms in total. The number of aromatic nitrogens is 1. The highest BCUT2D eigenvalue weighted by atomic mass is 79.9. The van der Waals surface area contributed by atoms with E-state index in [1.54, 1.807) is 0 Å². The van der Waals surface area contributed by atoms with Crippen molar-refractivity contribution in [3.05, 3.63) is 22.8 Å². The second kappa shape index (κ2) is 5.64. The Kier molecular flexibility index (Phi) is 4.18. The van der Waals surface area contributed by atoms with Crippen LogP contribution in [0.4, 0.5) is 5.82 Å². The number of hydrogen-bond acceptors (Lipinski definition) is 3. The molecule has 88 valence electrons. The molecule has 0 aliphatic carbocycles. The first kappa shape index (κ1) is 11.9. The molecule has 16 heavy (non-hydrogen) atoms. The molecular weight excluding hydrogens is 266 g/mol. The van der Waals surface area contributed by atoms with Crippen LogP contribution >= 0.6 is 15.9 Å². The van der Waals surface area contributed by atoms with E-state index in [9.17, 15) is 0 Å². The van der Waals surface area contributed by atoms with E-state index < -0.39 is 0 Å². The van der Waals surface area contributed by atoms with Crippen molar-refractivity contribution in [3.63, 3.8) is 0 Å². The number of likely N-dealkylation sites (tertiary alicyclic amines) is 1. The number of rotatable bonds is 4. The van der Waals surface area contributed by atoms with E-state index in [2.05, 4.69) is 38.2 Å². The summed E-state index contributed by atoms with van der Waals surface area (Å²) in [5, 5.41) is 3.36. The van der Waals surface area contributed by atoms with Gasteiger partial charge in [-0.1, -0.05) is 0 Å². The van der Waals surface area contributed by atoms with Crippen LogP contribution in [-0.2, 0) is 0 Å². The van der Waals surface area contributed by atoms with Gasteiger partial charge in [-0.2, -0.15) is 0 Å². The Bertz CT molecular complexity index is 326. The molecule has 0 radical (unpaired) electrons. The first-order chi connectivity index (χ1) is 7.74. The zero-order valence-electron chi connectivity index (χ0n) is 9.62. The van der Waals surface area contributed by atoms with Gasteiger partial charge in [-0.25, -0.2) is 4.98 Å². The van der Waals surface area contributed by atoms with E-state index in [-0.39, 0.29) is 0 Å². The van der Waals surface area contributed by atoms with Crippen molar-refractivity contribution < 1.29 is 0 Å². The number of nitrogens with zero attached hydrogens (tertiary/aromatic N) is 2. The molecule has 1 unspecified atom stereocenters. The summed E-state index contributed by atoms with van der Waals surface area (Å²) in [7, 11) is 2.20. The Hall–Kier alpha value is -0.610. The van der Waals surface area contributed by atoms with Crippen molar-refractivity contribution in [1.82, 2.24) is 9.88 Å². The van der Waals surface area contributed by atoms with Gasteiger partial charge in [0.2, 0.25) is 0 Å². The summed E-state index contributed by atoms with van der Waals surface area (Å²) in [6.45, 7) is 3.52. The molecule has 2 heterocycles. The molecule has 0 spiro atoms. The van der Waals surface area contributed by atoms with Gasteiger partial charge in [0.15, 0.2) is 0 Å². The lowest BCUT2D eigenvalue weighted by Gasteiger charge is -2.11. The van der Waals surface area contributed by atoms with Gasteiger partial charge in [0, 0.05) is 23.8 Å². The van der Waals surface area contributed by atoms with Crippen LogP contribution in [0.5, 0.6) is 0 Å². The van der Waals surface area contributed by atoms with Gasteiger partial charge in [-0.05, 0) is 60.4 Å². The SMILES string of the molecule is CN1CCC(CCNc2ccc(Br)cn2)C1. The average molecular weight is 284 g/mol. The van der Waals surface area contributed by atoms with Crippen LogP contribution in [0.3, 0.4) is 0 Å². The summed E-state index contributed by atoms with van der Waals surface area (Å²) in [6, 6.07) is 4.02. The maximum atomic E-state index is 4.29. The van der Waals surface area contributed by atoms with Crippen LogP contribution in [0.15, 0.2) is 22.8 Å². The predicted molar refractivity (Wildman–Crippen MR) is 70.6 cm³/mol. The van der Waals surface area contributed by atoms with Crippen molar-refractivity contribution in [3.8, 4) is 0 Å². The molecular formula is C12H18BrN3. The smallest absolute Gasteiger partial charge is 0.125 e. The Morgan fingerprint density at radius 2 is 2.44 bits per heavy atom. The molecule has 0 aromatic carbocycles. The minimum atomic E-state index is 0.855. The third-order valence-corrected chi connectivity index (χ3v) is 3.54. The molecule has 1 aromatic heterocycles. The van der Waals surface area contributed by atoms with E-state index in [1.165, 1.54) is 25.9 Å². The number of anilines is 1. The highest BCUT2D eigenvalue weighted by molar-refractivity contribution is 9.10. The fourth-order valence-electron chi connectivity index (χ4n) is 2.15. The highest BCUT2D eigenvalue weighted by Crippen LogP contribution is 2.18. The summed E-state index contributed by atoms with van der Waals surface area (Å²) >= 11 is 3.38. The summed E-state index contributed by atoms with van der Waals surface area (Å²) in [5.41, 5.74) is 0. The van der Waals surface area contributed by atoms with E-state index in [0.29, 0.717) is 0 Å². The second-order valence-electron chi connectivity index (χ2n) is 4.49. The number of pyridine rings is 1. The number of halogens is 1. The fourth-order valence-corrected chi connectivity index (χ4v) is 2.38. The van der Waals surface area contributed by atoms with Gasteiger partial charge in [-0.15, -0.1) is 0 Å². The number of hydrogen-bond donors (Lipinski definition) is 1. The molecule has 1 atom stereocenters. The quantitative estimate of drug-likeness (QED) is 0.921. The molecule has 1 fully saturated rings. The van der Waals surface area contributed by atoms with Crippen LogP contribution in [0.25, 0.3) is 0 Å². The zero-order valence-corrected chi connectivity index (χ0v) is 11.2. The van der Waals surface area contributed by atoms with Crippen molar-refractivity contribution in [2.45, 2.75) is 12.8 Å². The van der Waals surface area contributed by atoms with Crippen molar-refractivity contribution >= 4 is 21.7 Å². The third kappa shape index (κ3) is 3.46. The van der Waals surface area contributed by atoms with Crippen LogP contribution in [0, 0.1) is 5.92 Å². The first-order valence-electron chi connectivity index (χ1n) is 5.78. The summed E-state index contributed by atoms with van der Waals surface area (Å²) in [6.07, 6.45) is 4.40. The maximum Gasteiger partial charge on any atom is 0.125 e. The fraction of sp³-hybridized carbons (Fsp3) is 0.583. The molecule has 1 aliphatic rings. The van der Waals surface area contributed by atoms with Gasteiger partial charge in [0.05, 0.1) is 0 Å². The Labute approximate surface area is 105 Å². The molecule has 2 rings (SSSR count). The average Bonchev–Trinajstić information content (AvgIpc) is 2.67. The molecule has 1 N–H and O–H groups in total. The van der Waals surface area contributed by atoms with E-state index in [0.717, 1.165) is 22.8 Å². The predicted octanol–water partition coefficient (Wildman–Crippen LogP) is 2.60. The van der Waals surface area contributed by atoms with Gasteiger partial charge < -0.3 is 10.2 Å². The lowest BCUT2D eigenvalue weighted by molar-refractivity contribution is 0.390. The lowest BCUT2D eigenvalue weighted by Crippen LogP contribution is -2.15. The first-order valence-corrected chi connectivity index (χ1v) is 6.57. The summed E-state index contributed by atoms with van der Waals surface area (Å²) < 4.78 is 1.02. The van der Waals surface area contributed by atoms with Crippen LogP contribution in [0.2, 0.25) is 0 Å². The highest BCUT2D eigenvalue weighted by Gasteiger charge is 2.18. The van der Waals surface area contributed by atoms with Gasteiger partial charge in [0.1, 0.15) is 5.82 Å². The van der Waals surface area contributed by atoms with Crippen molar-refractivity contribution in [1.29, 1.82) is 0 Å². The molecule has 0 bridgehead atoms. The normalized spacial score (nSPS) is 21.2. The van der Waals surface area contributed by atoms with Crippen molar-refractivity contribution in [2.75, 3.05) is 32.0 Å². The minimum Gasteiger partial charge on any atom is -0.370 e. The van der Waals surface area contributed by atoms with Crippen molar-refractivity contribution in [2.24, 2.45) is 5.92 Å². The molecule has 1 aromatic rings. The van der Waals surface area contributed by atoms with Crippen LogP contribution < -0.4 is 5.32 Å². The van der Waals surface area contributed by atoms with E-state index in [1.807, 2.05) is 18.3 Å². The third-order valence-electron chi connectivity index (χ3n) is 3.08. The van der Waals surface area contributed by atoms with Gasteiger partial charge in [0.25, 0.3) is 0 Å². The van der Waals surface area contributed by atoms with E-state index in [4.69, 9.17) is 0 Å². The molecule has 1 aliphatic heterocycles. The second-order valence-corrected chi connectivity index (χ2v) is 5.41. The largest absolute Gasteiger partial charge is 0.370 e. The molecule has 4 heteroatoms. The molecule has 0 saturated carbocycles. The lowest BCUT2D eigenvalue weighted by atomic mass is 10.1.